The number of ether oxygens (including phenoxy) is 4. The van der Waals surface area contributed by atoms with Crippen molar-refractivity contribution < 1.29 is 38.7 Å². The molecule has 0 radical (unpaired) electrons. The predicted octanol–water partition coefficient (Wildman–Crippen LogP) is 5.69. The second-order valence-electron chi connectivity index (χ2n) is 9.73. The lowest BCUT2D eigenvalue weighted by Gasteiger charge is -2.26. The molecule has 0 saturated heterocycles. The fraction of sp³-hybridized carbons (Fsp3) is 0.235. The van der Waals surface area contributed by atoms with Gasteiger partial charge < -0.3 is 29.2 Å². The van der Waals surface area contributed by atoms with E-state index in [9.17, 15) is 19.8 Å². The third-order valence-electron chi connectivity index (χ3n) is 6.64. The van der Waals surface area contributed by atoms with Gasteiger partial charge in [-0.05, 0) is 33.7 Å². The number of hydrogen-bond donors (Lipinski definition) is 2. The Morgan fingerprint density at radius 1 is 0.619 bits per heavy atom. The molecule has 0 spiro atoms. The molecule has 0 fully saturated rings. The second-order valence-corrected chi connectivity index (χ2v) is 9.73. The number of aliphatic hydroxyl groups is 2. The lowest BCUT2D eigenvalue weighted by molar-refractivity contribution is -0.143. The maximum absolute atomic E-state index is 12.6. The Morgan fingerprint density at radius 2 is 1.00 bits per heavy atom. The third kappa shape index (κ3) is 8.34. The predicted molar refractivity (Wildman–Crippen MR) is 162 cm³/mol. The number of ketones is 2. The van der Waals surface area contributed by atoms with Crippen LogP contribution < -0.4 is 0 Å². The smallest absolute Gasteiger partial charge is 0.184 e. The maximum atomic E-state index is 12.6. The first kappa shape index (κ1) is 30.6. The van der Waals surface area contributed by atoms with Crippen molar-refractivity contribution in [3.63, 3.8) is 0 Å². The lowest BCUT2D eigenvalue weighted by atomic mass is 10.1. The molecule has 2 atom stereocenters. The summed E-state index contributed by atoms with van der Waals surface area (Å²) >= 11 is 0. The number of carbonyl (C=O) groups is 2. The van der Waals surface area contributed by atoms with E-state index in [1.54, 1.807) is 24.3 Å². The molecule has 0 bridgehead atoms. The zero-order valence-corrected chi connectivity index (χ0v) is 23.6. The fourth-order valence-electron chi connectivity index (χ4n) is 4.48. The summed E-state index contributed by atoms with van der Waals surface area (Å²) in [5.41, 5.74) is 1.02. The second kappa shape index (κ2) is 15.0. The standard InChI is InChI=1S/C34H34O8/c1-39-21-33(41-19-29(35)17-31(37)27-13-11-23-7-3-5-9-25(23)15-27)34(22-40-2)42-20-30(36)18-32(38)28-14-12-24-8-4-6-10-26(24)16-28/h3-18,33-34,37-38H,19-22H2,1-2H3/b31-17-,32-18-/t33-,34-/m0/s1. The average Bonchev–Trinajstić information content (AvgIpc) is 3.00. The summed E-state index contributed by atoms with van der Waals surface area (Å²) in [6, 6.07) is 26.2. The molecule has 0 saturated carbocycles. The molecule has 42 heavy (non-hydrogen) atoms. The van der Waals surface area contributed by atoms with Crippen LogP contribution in [0.5, 0.6) is 0 Å². The summed E-state index contributed by atoms with van der Waals surface area (Å²) in [7, 11) is 2.95. The van der Waals surface area contributed by atoms with E-state index in [0.29, 0.717) is 11.1 Å². The van der Waals surface area contributed by atoms with Crippen molar-refractivity contribution >= 4 is 44.6 Å². The molecule has 2 N–H and O–H groups in total. The van der Waals surface area contributed by atoms with E-state index in [-0.39, 0.29) is 37.9 Å². The number of hydrogen-bond acceptors (Lipinski definition) is 8. The van der Waals surface area contributed by atoms with Crippen LogP contribution in [0.1, 0.15) is 11.1 Å². The minimum Gasteiger partial charge on any atom is -0.507 e. The van der Waals surface area contributed by atoms with Crippen LogP contribution in [0, 0.1) is 0 Å². The van der Waals surface area contributed by atoms with Crippen LogP contribution in [0.2, 0.25) is 0 Å². The largest absolute Gasteiger partial charge is 0.507 e. The van der Waals surface area contributed by atoms with Crippen LogP contribution in [0.3, 0.4) is 0 Å². The number of fused-ring (bicyclic) bond motifs is 2. The van der Waals surface area contributed by atoms with E-state index >= 15 is 0 Å². The first-order chi connectivity index (χ1) is 20.4. The average molecular weight is 571 g/mol. The Balaban J connectivity index is 1.36. The minimum absolute atomic E-state index is 0.0635. The Morgan fingerprint density at radius 3 is 1.38 bits per heavy atom. The molecule has 218 valence electrons. The zero-order chi connectivity index (χ0) is 29.9. The molecule has 0 aliphatic carbocycles. The molecule has 4 aromatic carbocycles. The molecule has 0 aliphatic rings. The van der Waals surface area contributed by atoms with Crippen LogP contribution in [-0.4, -0.2) is 74.6 Å². The minimum atomic E-state index is -0.749. The highest BCUT2D eigenvalue weighted by Gasteiger charge is 2.25. The van der Waals surface area contributed by atoms with E-state index in [1.165, 1.54) is 14.2 Å². The lowest BCUT2D eigenvalue weighted by Crippen LogP contribution is -2.40. The summed E-state index contributed by atoms with van der Waals surface area (Å²) < 4.78 is 22.0. The van der Waals surface area contributed by atoms with Gasteiger partial charge in [0.1, 0.15) is 36.9 Å². The molecule has 8 nitrogen and oxygen atoms in total. The van der Waals surface area contributed by atoms with Gasteiger partial charge >= 0.3 is 0 Å². The summed E-state index contributed by atoms with van der Waals surface area (Å²) in [6.45, 7) is -0.584. The van der Waals surface area contributed by atoms with Crippen molar-refractivity contribution in [3.05, 3.63) is 108 Å². The van der Waals surface area contributed by atoms with Crippen molar-refractivity contribution in [1.29, 1.82) is 0 Å². The van der Waals surface area contributed by atoms with E-state index in [0.717, 1.165) is 33.7 Å². The van der Waals surface area contributed by atoms with E-state index in [2.05, 4.69) is 0 Å². The van der Waals surface area contributed by atoms with Gasteiger partial charge in [-0.15, -0.1) is 0 Å². The number of rotatable bonds is 15. The monoisotopic (exact) mass is 570 g/mol. The van der Waals surface area contributed by atoms with Gasteiger partial charge in [0, 0.05) is 37.5 Å². The van der Waals surface area contributed by atoms with Gasteiger partial charge in [-0.3, -0.25) is 9.59 Å². The van der Waals surface area contributed by atoms with E-state index in [1.807, 2.05) is 60.7 Å². The molecule has 4 rings (SSSR count). The number of carbonyl (C=O) groups excluding carboxylic acids is 2. The summed E-state index contributed by atoms with van der Waals surface area (Å²) in [5.74, 6) is -1.27. The quantitative estimate of drug-likeness (QED) is 0.138. The highest BCUT2D eigenvalue weighted by atomic mass is 16.6. The molecule has 0 aromatic heterocycles. The van der Waals surface area contributed by atoms with Gasteiger partial charge in [-0.2, -0.15) is 0 Å². The number of benzene rings is 4. The summed E-state index contributed by atoms with van der Waals surface area (Å²) in [5, 5.41) is 25.0. The van der Waals surface area contributed by atoms with Crippen LogP contribution >= 0.6 is 0 Å². The Bertz CT molecular complexity index is 1470. The van der Waals surface area contributed by atoms with Crippen molar-refractivity contribution in [2.45, 2.75) is 12.2 Å². The third-order valence-corrected chi connectivity index (χ3v) is 6.64. The fourth-order valence-corrected chi connectivity index (χ4v) is 4.48. The van der Waals surface area contributed by atoms with Gasteiger partial charge in [0.25, 0.3) is 0 Å². The molecule has 0 amide bonds. The molecule has 4 aromatic rings. The summed E-state index contributed by atoms with van der Waals surface area (Å²) in [4.78, 5) is 25.2. The van der Waals surface area contributed by atoms with Crippen molar-refractivity contribution in [2.75, 3.05) is 40.6 Å². The molecular formula is C34H34O8. The molecule has 0 unspecified atom stereocenters. The Labute approximate surface area is 244 Å². The van der Waals surface area contributed by atoms with Crippen molar-refractivity contribution in [2.24, 2.45) is 0 Å². The van der Waals surface area contributed by atoms with Gasteiger partial charge in [-0.25, -0.2) is 0 Å². The number of aliphatic hydroxyl groups excluding tert-OH is 2. The first-order valence-corrected chi connectivity index (χ1v) is 13.4. The SMILES string of the molecule is COC[C@H](OCC(=O)/C=C(\O)c1ccc2ccccc2c1)[C@H](COC)OCC(=O)/C=C(\O)c1ccc2ccccc2c1. The van der Waals surface area contributed by atoms with Gasteiger partial charge in [0.2, 0.25) is 0 Å². The molecular weight excluding hydrogens is 536 g/mol. The molecule has 0 aliphatic heterocycles. The highest BCUT2D eigenvalue weighted by Crippen LogP contribution is 2.21. The van der Waals surface area contributed by atoms with E-state index in [4.69, 9.17) is 18.9 Å². The zero-order valence-electron chi connectivity index (χ0n) is 23.6. The van der Waals surface area contributed by atoms with E-state index < -0.39 is 23.8 Å². The van der Waals surface area contributed by atoms with Crippen LogP contribution in [0.4, 0.5) is 0 Å². The summed E-state index contributed by atoms with van der Waals surface area (Å²) in [6.07, 6.45) is 0.732. The van der Waals surface area contributed by atoms with Crippen molar-refractivity contribution in [3.8, 4) is 0 Å². The molecule has 0 heterocycles. The topological polar surface area (TPSA) is 112 Å². The van der Waals surface area contributed by atoms with Gasteiger partial charge in [0.15, 0.2) is 11.6 Å². The Kier molecular flexibility index (Phi) is 11.0. The first-order valence-electron chi connectivity index (χ1n) is 13.4. The Hall–Kier alpha value is -4.34. The van der Waals surface area contributed by atoms with Crippen LogP contribution in [-0.2, 0) is 28.5 Å². The van der Waals surface area contributed by atoms with Crippen LogP contribution in [0.15, 0.2) is 97.1 Å². The number of methoxy groups -OCH3 is 2. The normalized spacial score (nSPS) is 13.8. The maximum Gasteiger partial charge on any atom is 0.184 e. The molecule has 8 heteroatoms. The van der Waals surface area contributed by atoms with Crippen molar-refractivity contribution in [1.82, 2.24) is 0 Å². The van der Waals surface area contributed by atoms with Gasteiger partial charge in [-0.1, -0.05) is 72.8 Å². The highest BCUT2D eigenvalue weighted by molar-refractivity contribution is 5.98. The van der Waals surface area contributed by atoms with Gasteiger partial charge in [0.05, 0.1) is 13.2 Å². The van der Waals surface area contributed by atoms with Crippen LogP contribution in [0.25, 0.3) is 33.1 Å².